The van der Waals surface area contributed by atoms with Crippen LogP contribution in [0.25, 0.3) is 0 Å². The Morgan fingerprint density at radius 1 is 0.837 bits per heavy atom. The zero-order chi connectivity index (χ0) is 36.1. The van der Waals surface area contributed by atoms with Gasteiger partial charge in [0.2, 0.25) is 34.8 Å². The summed E-state index contributed by atoms with van der Waals surface area (Å²) in [5.74, 6) is -14.7. The lowest BCUT2D eigenvalue weighted by atomic mass is 9.87. The molecule has 49 heavy (non-hydrogen) atoms. The predicted molar refractivity (Wildman–Crippen MR) is 155 cm³/mol. The highest BCUT2D eigenvalue weighted by atomic mass is 32.2. The van der Waals surface area contributed by atoms with Crippen molar-refractivity contribution in [1.82, 2.24) is 4.90 Å². The molecular formula is C32H29F8NO7S. The summed E-state index contributed by atoms with van der Waals surface area (Å²) >= 11 is 0. The summed E-state index contributed by atoms with van der Waals surface area (Å²) in [5, 5.41) is 0. The molecule has 0 radical (unpaired) electrons. The Balaban J connectivity index is 1.40. The Bertz CT molecular complexity index is 1840. The Morgan fingerprint density at radius 2 is 1.45 bits per heavy atom. The summed E-state index contributed by atoms with van der Waals surface area (Å²) in [6, 6.07) is 6.07. The van der Waals surface area contributed by atoms with E-state index in [-0.39, 0.29) is 48.7 Å². The van der Waals surface area contributed by atoms with Crippen molar-refractivity contribution in [3.63, 3.8) is 0 Å². The Labute approximate surface area is 275 Å². The molecule has 8 nitrogen and oxygen atoms in total. The Morgan fingerprint density at radius 3 is 2.04 bits per heavy atom. The highest BCUT2D eigenvalue weighted by Crippen LogP contribution is 2.43. The number of amides is 1. The van der Waals surface area contributed by atoms with Crippen molar-refractivity contribution in [2.75, 3.05) is 19.7 Å². The minimum absolute atomic E-state index is 0.0517. The molecule has 0 spiro atoms. The van der Waals surface area contributed by atoms with Crippen LogP contribution >= 0.6 is 0 Å². The maximum Gasteiger partial charge on any atom is 0.416 e. The number of hydrogen-bond acceptors (Lipinski definition) is 7. The van der Waals surface area contributed by atoms with Crippen LogP contribution in [0.1, 0.15) is 68.7 Å². The maximum absolute atomic E-state index is 14.1. The van der Waals surface area contributed by atoms with E-state index in [2.05, 4.69) is 4.18 Å². The molecule has 1 unspecified atom stereocenters. The zero-order valence-corrected chi connectivity index (χ0v) is 26.9. The first-order valence-electron chi connectivity index (χ1n) is 14.8. The van der Waals surface area contributed by atoms with Gasteiger partial charge in [-0.05, 0) is 69.4 Å². The number of nitrogens with zero attached hydrogens (tertiary/aromatic N) is 1. The molecule has 0 aromatic heterocycles. The fraction of sp³-hybridized carbons (Fsp3) is 0.406. The van der Waals surface area contributed by atoms with Crippen LogP contribution < -0.4 is 13.7 Å². The van der Waals surface area contributed by atoms with Gasteiger partial charge in [-0.15, -0.1) is 0 Å². The molecule has 2 heterocycles. The summed E-state index contributed by atoms with van der Waals surface area (Å²) in [5.41, 5.74) is -1.12. The number of ether oxygens (including phenoxy) is 3. The number of hydrogen-bond donors (Lipinski definition) is 0. The van der Waals surface area contributed by atoms with Crippen molar-refractivity contribution in [1.29, 1.82) is 0 Å². The second-order valence-electron chi connectivity index (χ2n) is 12.4. The molecule has 0 saturated carbocycles. The van der Waals surface area contributed by atoms with E-state index in [4.69, 9.17) is 14.2 Å². The molecule has 2 aliphatic rings. The third kappa shape index (κ3) is 7.65. The number of fused-ring (bicyclic) bond motifs is 1. The van der Waals surface area contributed by atoms with Crippen LogP contribution in [0, 0.1) is 29.1 Å². The number of rotatable bonds is 6. The quantitative estimate of drug-likeness (QED) is 0.110. The molecule has 2 aliphatic heterocycles. The number of likely N-dealkylation sites (tertiary alicyclic amines) is 1. The average molecular weight is 724 g/mol. The van der Waals surface area contributed by atoms with E-state index >= 15 is 0 Å². The van der Waals surface area contributed by atoms with E-state index in [1.54, 1.807) is 20.8 Å². The highest BCUT2D eigenvalue weighted by molar-refractivity contribution is 7.87. The van der Waals surface area contributed by atoms with Crippen LogP contribution in [0.4, 0.5) is 39.9 Å². The monoisotopic (exact) mass is 723 g/mol. The molecule has 266 valence electrons. The zero-order valence-electron chi connectivity index (χ0n) is 26.1. The van der Waals surface area contributed by atoms with Gasteiger partial charge in [0.05, 0.1) is 12.2 Å². The van der Waals surface area contributed by atoms with Gasteiger partial charge < -0.3 is 23.3 Å². The summed E-state index contributed by atoms with van der Waals surface area (Å²) in [6.07, 6.45) is -5.26. The molecule has 0 N–H and O–H groups in total. The van der Waals surface area contributed by atoms with Crippen LogP contribution in [-0.4, -0.2) is 44.7 Å². The predicted octanol–water partition coefficient (Wildman–Crippen LogP) is 8.19. The van der Waals surface area contributed by atoms with Crippen molar-refractivity contribution >= 4 is 16.2 Å². The summed E-state index contributed by atoms with van der Waals surface area (Å²) in [4.78, 5) is 13.2. The van der Waals surface area contributed by atoms with Gasteiger partial charge in [-0.1, -0.05) is 6.07 Å². The van der Waals surface area contributed by atoms with Crippen LogP contribution in [0.15, 0.2) is 41.3 Å². The number of halogens is 8. The highest BCUT2D eigenvalue weighted by Gasteiger charge is 2.36. The molecule has 3 aromatic carbocycles. The van der Waals surface area contributed by atoms with Gasteiger partial charge in [-0.3, -0.25) is 0 Å². The van der Waals surface area contributed by atoms with Crippen LogP contribution in [-0.2, 0) is 21.0 Å². The van der Waals surface area contributed by atoms with E-state index in [0.717, 1.165) is 24.3 Å². The second-order valence-corrected chi connectivity index (χ2v) is 13.9. The van der Waals surface area contributed by atoms with Gasteiger partial charge in [-0.2, -0.15) is 30.4 Å². The summed E-state index contributed by atoms with van der Waals surface area (Å²) in [7, 11) is -5.18. The molecule has 1 saturated heterocycles. The van der Waals surface area contributed by atoms with Crippen LogP contribution in [0.5, 0.6) is 17.2 Å². The van der Waals surface area contributed by atoms with Gasteiger partial charge in [0, 0.05) is 31.1 Å². The van der Waals surface area contributed by atoms with Gasteiger partial charge in [0.15, 0.2) is 0 Å². The van der Waals surface area contributed by atoms with E-state index in [1.165, 1.54) is 17.0 Å². The lowest BCUT2D eigenvalue weighted by molar-refractivity contribution is -0.137. The minimum atomic E-state index is -5.18. The Hall–Kier alpha value is -4.28. The smallest absolute Gasteiger partial charge is 0.416 e. The fourth-order valence-electron chi connectivity index (χ4n) is 5.43. The largest absolute Gasteiger partial charge is 0.493 e. The molecule has 3 aromatic rings. The third-order valence-electron chi connectivity index (χ3n) is 7.81. The lowest BCUT2D eigenvalue weighted by Gasteiger charge is -2.35. The van der Waals surface area contributed by atoms with Crippen LogP contribution in [0.3, 0.4) is 0 Å². The number of carbonyl (C=O) groups excluding carboxylic acids is 1. The van der Waals surface area contributed by atoms with Crippen molar-refractivity contribution in [3.05, 3.63) is 82.2 Å². The van der Waals surface area contributed by atoms with E-state index in [0.29, 0.717) is 12.8 Å². The first-order valence-corrected chi connectivity index (χ1v) is 16.3. The van der Waals surface area contributed by atoms with E-state index < -0.39 is 85.3 Å². The normalized spacial score (nSPS) is 17.3. The first kappa shape index (κ1) is 36.0. The van der Waals surface area contributed by atoms with Crippen LogP contribution in [0.2, 0.25) is 0 Å². The van der Waals surface area contributed by atoms with Gasteiger partial charge in [0.25, 0.3) is 0 Å². The number of alkyl halides is 3. The van der Waals surface area contributed by atoms with Crippen molar-refractivity contribution in [2.24, 2.45) is 0 Å². The van der Waals surface area contributed by atoms with E-state index in [1.807, 2.05) is 0 Å². The molecule has 17 heteroatoms. The minimum Gasteiger partial charge on any atom is -0.493 e. The topological polar surface area (TPSA) is 91.4 Å². The number of carbonyl (C=O) groups is 1. The standard InChI is InChI=1S/C32H29F8NO7S/c1-31(2,3)47-30(42)41-11-8-16(9-12-41)20-14-17(32(38,39)40)4-7-21(20)46-22-10-13-45-23-15-18(5-6-19(22)23)49(43,44)48-29-27(36)25(34)24(33)26(35)28(29)37/h4-7,14-16,22H,8-13H2,1-3H3. The molecule has 1 fully saturated rings. The maximum atomic E-state index is 14.1. The van der Waals surface area contributed by atoms with E-state index in [9.17, 15) is 48.3 Å². The van der Waals surface area contributed by atoms with Gasteiger partial charge in [0.1, 0.15) is 28.1 Å². The Kier molecular flexibility index (Phi) is 9.71. The molecule has 5 rings (SSSR count). The SMILES string of the molecule is CC(C)(C)OC(=O)N1CCC(c2cc(C(F)(F)F)ccc2OC2CCOc3cc(S(=O)(=O)Oc4c(F)c(F)c(F)c(F)c4F)ccc32)CC1. The molecule has 0 aliphatic carbocycles. The van der Waals surface area contributed by atoms with Gasteiger partial charge >= 0.3 is 22.4 Å². The molecule has 1 amide bonds. The van der Waals surface area contributed by atoms with Crippen molar-refractivity contribution < 1.29 is 66.7 Å². The van der Waals surface area contributed by atoms with Crippen molar-refractivity contribution in [2.45, 2.75) is 68.7 Å². The summed E-state index contributed by atoms with van der Waals surface area (Å²) < 4.78 is 157. The molecular weight excluding hydrogens is 694 g/mol. The lowest BCUT2D eigenvalue weighted by Crippen LogP contribution is -2.41. The van der Waals surface area contributed by atoms with Crippen molar-refractivity contribution in [3.8, 4) is 17.2 Å². The first-order chi connectivity index (χ1) is 22.8. The number of piperidine rings is 1. The fourth-order valence-corrected chi connectivity index (χ4v) is 6.38. The molecule has 1 atom stereocenters. The molecule has 0 bridgehead atoms. The average Bonchev–Trinajstić information content (AvgIpc) is 3.03. The second kappa shape index (κ2) is 13.2. The number of benzene rings is 3. The third-order valence-corrected chi connectivity index (χ3v) is 9.03. The van der Waals surface area contributed by atoms with Gasteiger partial charge in [-0.25, -0.2) is 18.0 Å². The summed E-state index contributed by atoms with van der Waals surface area (Å²) in [6.45, 7) is 5.54.